The first-order valence-electron chi connectivity index (χ1n) is 7.61. The summed E-state index contributed by atoms with van der Waals surface area (Å²) >= 11 is 9.25. The Morgan fingerprint density at radius 3 is 2.64 bits per heavy atom. The summed E-state index contributed by atoms with van der Waals surface area (Å²) in [4.78, 5) is 23.7. The van der Waals surface area contributed by atoms with Crippen LogP contribution in [0.5, 0.6) is 5.75 Å². The average molecular weight is 430 g/mol. The topological polar surface area (TPSA) is 80.6 Å². The van der Waals surface area contributed by atoms with Gasteiger partial charge in [-0.15, -0.1) is 0 Å². The number of nitrogens with one attached hydrogen (secondary N) is 2. The Morgan fingerprint density at radius 1 is 1.28 bits per heavy atom. The smallest absolute Gasteiger partial charge is 0.287 e. The lowest BCUT2D eigenvalue weighted by Gasteiger charge is -2.12. The third-order valence-corrected chi connectivity index (χ3v) is 3.72. The molecule has 0 fully saturated rings. The second kappa shape index (κ2) is 8.92. The van der Waals surface area contributed by atoms with Crippen LogP contribution in [-0.4, -0.2) is 25.0 Å². The predicted octanol–water partition coefficient (Wildman–Crippen LogP) is 4.10. The largest absolute Gasteiger partial charge is 0.492 e. The zero-order chi connectivity index (χ0) is 18.4. The molecule has 0 saturated carbocycles. The number of rotatable bonds is 7. The van der Waals surface area contributed by atoms with Gasteiger partial charge in [0.15, 0.2) is 10.4 Å². The summed E-state index contributed by atoms with van der Waals surface area (Å²) in [6.07, 6.45) is 0. The van der Waals surface area contributed by atoms with Gasteiger partial charge in [0.25, 0.3) is 5.91 Å². The quantitative estimate of drug-likeness (QED) is 0.694. The van der Waals surface area contributed by atoms with Crippen LogP contribution in [0.15, 0.2) is 39.4 Å². The van der Waals surface area contributed by atoms with Crippen molar-refractivity contribution in [2.75, 3.05) is 18.5 Å². The molecular weight excluding hydrogens is 412 g/mol. The Balaban J connectivity index is 1.85. The van der Waals surface area contributed by atoms with Gasteiger partial charge in [0, 0.05) is 5.69 Å². The van der Waals surface area contributed by atoms with Crippen molar-refractivity contribution in [3.8, 4) is 5.75 Å². The molecule has 6 nitrogen and oxygen atoms in total. The molecule has 2 amide bonds. The standard InChI is InChI=1S/C17H18BrClN2O4/c1-10(2)9-24-13-4-3-11(7-12(13)19)21-16(22)8-20-17(23)14-5-6-15(18)25-14/h3-7,10H,8-9H2,1-2H3,(H,20,23)(H,21,22). The highest BCUT2D eigenvalue weighted by Crippen LogP contribution is 2.28. The van der Waals surface area contributed by atoms with E-state index in [0.717, 1.165) is 0 Å². The molecule has 0 spiro atoms. The molecule has 0 bridgehead atoms. The van der Waals surface area contributed by atoms with E-state index in [9.17, 15) is 9.59 Å². The number of furan rings is 1. The van der Waals surface area contributed by atoms with Gasteiger partial charge in [-0.25, -0.2) is 0 Å². The molecule has 0 aliphatic heterocycles. The molecule has 0 unspecified atom stereocenters. The molecule has 0 aliphatic carbocycles. The van der Waals surface area contributed by atoms with Crippen LogP contribution in [0.2, 0.25) is 5.02 Å². The molecule has 25 heavy (non-hydrogen) atoms. The molecular formula is C17H18BrClN2O4. The number of hydrogen-bond donors (Lipinski definition) is 2. The van der Waals surface area contributed by atoms with Gasteiger partial charge in [0.2, 0.25) is 5.91 Å². The second-order valence-electron chi connectivity index (χ2n) is 5.68. The van der Waals surface area contributed by atoms with Crippen molar-refractivity contribution in [2.24, 2.45) is 5.92 Å². The number of hydrogen-bond acceptors (Lipinski definition) is 4. The monoisotopic (exact) mass is 428 g/mol. The summed E-state index contributed by atoms with van der Waals surface area (Å²) < 4.78 is 11.1. The van der Waals surface area contributed by atoms with Gasteiger partial charge in [-0.05, 0) is 52.2 Å². The first-order chi connectivity index (χ1) is 11.8. The summed E-state index contributed by atoms with van der Waals surface area (Å²) in [5, 5.41) is 5.53. The molecule has 0 saturated heterocycles. The molecule has 0 atom stereocenters. The number of halogens is 2. The number of benzene rings is 1. The Morgan fingerprint density at radius 2 is 2.04 bits per heavy atom. The van der Waals surface area contributed by atoms with Crippen LogP contribution in [0.3, 0.4) is 0 Å². The fourth-order valence-electron chi connectivity index (χ4n) is 1.84. The van der Waals surface area contributed by atoms with E-state index in [-0.39, 0.29) is 18.2 Å². The van der Waals surface area contributed by atoms with Crippen molar-refractivity contribution in [3.05, 3.63) is 45.8 Å². The highest BCUT2D eigenvalue weighted by atomic mass is 79.9. The molecule has 8 heteroatoms. The minimum absolute atomic E-state index is 0.120. The van der Waals surface area contributed by atoms with Crippen LogP contribution < -0.4 is 15.4 Å². The maximum absolute atomic E-state index is 11.9. The van der Waals surface area contributed by atoms with Crippen LogP contribution in [0.25, 0.3) is 0 Å². The fourth-order valence-corrected chi connectivity index (χ4v) is 2.38. The SMILES string of the molecule is CC(C)COc1ccc(NC(=O)CNC(=O)c2ccc(Br)o2)cc1Cl. The molecule has 2 rings (SSSR count). The van der Waals surface area contributed by atoms with Gasteiger partial charge in [0.1, 0.15) is 5.75 Å². The summed E-state index contributed by atoms with van der Waals surface area (Å²) in [6, 6.07) is 8.08. The van der Waals surface area contributed by atoms with E-state index < -0.39 is 5.91 Å². The lowest BCUT2D eigenvalue weighted by atomic mass is 10.2. The Kier molecular flexibility index (Phi) is 6.90. The number of ether oxygens (including phenoxy) is 1. The van der Waals surface area contributed by atoms with Crippen molar-refractivity contribution in [3.63, 3.8) is 0 Å². The van der Waals surface area contributed by atoms with Crippen LogP contribution in [0.1, 0.15) is 24.4 Å². The maximum Gasteiger partial charge on any atom is 0.287 e. The van der Waals surface area contributed by atoms with Crippen LogP contribution in [0, 0.1) is 5.92 Å². The normalized spacial score (nSPS) is 10.6. The van der Waals surface area contributed by atoms with E-state index in [1.54, 1.807) is 24.3 Å². The number of amides is 2. The van der Waals surface area contributed by atoms with Crippen LogP contribution in [0.4, 0.5) is 5.69 Å². The number of anilines is 1. The van der Waals surface area contributed by atoms with Crippen LogP contribution >= 0.6 is 27.5 Å². The van der Waals surface area contributed by atoms with Crippen molar-refractivity contribution in [1.82, 2.24) is 5.32 Å². The van der Waals surface area contributed by atoms with Crippen molar-refractivity contribution in [1.29, 1.82) is 0 Å². The molecule has 1 aromatic carbocycles. The highest BCUT2D eigenvalue weighted by molar-refractivity contribution is 9.10. The van der Waals surface area contributed by atoms with Crippen molar-refractivity contribution in [2.45, 2.75) is 13.8 Å². The lowest BCUT2D eigenvalue weighted by molar-refractivity contribution is -0.115. The first kappa shape index (κ1) is 19.3. The van der Waals surface area contributed by atoms with E-state index in [4.69, 9.17) is 20.8 Å². The van der Waals surface area contributed by atoms with Gasteiger partial charge < -0.3 is 19.8 Å². The number of carbonyl (C=O) groups excluding carboxylic acids is 2. The van der Waals surface area contributed by atoms with E-state index in [0.29, 0.717) is 33.7 Å². The van der Waals surface area contributed by atoms with E-state index in [2.05, 4.69) is 26.6 Å². The highest BCUT2D eigenvalue weighted by Gasteiger charge is 2.12. The van der Waals surface area contributed by atoms with Gasteiger partial charge in [-0.2, -0.15) is 0 Å². The minimum atomic E-state index is -0.476. The van der Waals surface area contributed by atoms with Gasteiger partial charge in [0.05, 0.1) is 18.2 Å². The molecule has 0 aliphatic rings. The molecule has 2 N–H and O–H groups in total. The summed E-state index contributed by atoms with van der Waals surface area (Å²) in [7, 11) is 0. The zero-order valence-electron chi connectivity index (χ0n) is 13.8. The Labute approximate surface area is 159 Å². The van der Waals surface area contributed by atoms with E-state index in [1.165, 1.54) is 6.07 Å². The first-order valence-corrected chi connectivity index (χ1v) is 8.78. The zero-order valence-corrected chi connectivity index (χ0v) is 16.1. The van der Waals surface area contributed by atoms with E-state index in [1.807, 2.05) is 13.8 Å². The average Bonchev–Trinajstić information content (AvgIpc) is 2.98. The second-order valence-corrected chi connectivity index (χ2v) is 6.87. The Hall–Kier alpha value is -1.99. The van der Waals surface area contributed by atoms with Gasteiger partial charge in [-0.3, -0.25) is 9.59 Å². The number of carbonyl (C=O) groups is 2. The predicted molar refractivity (Wildman–Crippen MR) is 99.2 cm³/mol. The maximum atomic E-state index is 11.9. The van der Waals surface area contributed by atoms with Crippen molar-refractivity contribution < 1.29 is 18.7 Å². The minimum Gasteiger partial charge on any atom is -0.492 e. The lowest BCUT2D eigenvalue weighted by Crippen LogP contribution is -2.32. The fraction of sp³-hybridized carbons (Fsp3) is 0.294. The summed E-state index contributed by atoms with van der Waals surface area (Å²) in [5.41, 5.74) is 0.516. The van der Waals surface area contributed by atoms with Crippen molar-refractivity contribution >= 4 is 45.0 Å². The van der Waals surface area contributed by atoms with E-state index >= 15 is 0 Å². The molecule has 0 radical (unpaired) electrons. The van der Waals surface area contributed by atoms with Gasteiger partial charge in [-0.1, -0.05) is 25.4 Å². The van der Waals surface area contributed by atoms with Crippen LogP contribution in [-0.2, 0) is 4.79 Å². The third kappa shape index (κ3) is 6.10. The molecule has 1 aromatic heterocycles. The van der Waals surface area contributed by atoms with Gasteiger partial charge >= 0.3 is 0 Å². The molecule has 1 heterocycles. The summed E-state index contributed by atoms with van der Waals surface area (Å²) in [5.74, 6) is 0.204. The molecule has 2 aromatic rings. The third-order valence-electron chi connectivity index (χ3n) is 2.99. The Bertz CT molecular complexity index is 761. The molecule has 134 valence electrons. The summed E-state index contributed by atoms with van der Waals surface area (Å²) in [6.45, 7) is 4.44.